The number of alkyl carbamates (subject to hydrolysis) is 2. The third-order valence-electron chi connectivity index (χ3n) is 17.1. The van der Waals surface area contributed by atoms with E-state index in [0.29, 0.717) is 104 Å². The molecule has 6 heterocycles. The molecule has 5 aliphatic rings. The van der Waals surface area contributed by atoms with Crippen molar-refractivity contribution in [1.82, 2.24) is 40.4 Å². The van der Waals surface area contributed by atoms with Gasteiger partial charge < -0.3 is 59.1 Å². The molecule has 5 aromatic rings. The largest absolute Gasteiger partial charge is 0.453 e. The number of fused-ring (bicyclic) bond motifs is 2. The molecule has 2 aromatic heterocycles. The number of piperidine rings is 1. The molecule has 0 bridgehead atoms. The highest BCUT2D eigenvalue weighted by Gasteiger charge is 2.45. The number of likely N-dealkylation sites (tertiary alicyclic amines) is 2. The van der Waals surface area contributed by atoms with Crippen molar-refractivity contribution in [2.75, 3.05) is 64.4 Å². The van der Waals surface area contributed by atoms with Gasteiger partial charge in [0.05, 0.1) is 72.3 Å². The SMILES string of the molecule is C=C([C@@H](NC(=O)OC)[C@@H](C)OC)N1CCC[C@H]1c1nc2cc(F)c([C@H]3CC[C@H](C4C=c5[nH]c([C@@H]6CCCN6C(=O)[C@@H](NC(=O)OC)[C@@H](C)OC)nc5=CC4F)N3c3cc(F)c(N4CCC(c5ccc(F)cc5)CC4)c(F)c3)cc2[nH]1. The predicted octanol–water partition coefficient (Wildman–Crippen LogP) is 8.00. The molecule has 10 rings (SSSR count). The summed E-state index contributed by atoms with van der Waals surface area (Å²) in [4.78, 5) is 62.3. The maximum Gasteiger partial charge on any atom is 0.407 e. The summed E-state index contributed by atoms with van der Waals surface area (Å²) in [6.07, 6.45) is 3.31. The van der Waals surface area contributed by atoms with Crippen molar-refractivity contribution < 1.29 is 55.3 Å². The van der Waals surface area contributed by atoms with E-state index in [1.807, 2.05) is 11.8 Å². The highest BCUT2D eigenvalue weighted by atomic mass is 19.1. The molecule has 22 heteroatoms. The lowest BCUT2D eigenvalue weighted by molar-refractivity contribution is -0.137. The van der Waals surface area contributed by atoms with Crippen LogP contribution >= 0.6 is 0 Å². The molecule has 0 saturated carbocycles. The molecule has 4 aliphatic heterocycles. The lowest BCUT2D eigenvalue weighted by atomic mass is 9.89. The van der Waals surface area contributed by atoms with Crippen LogP contribution in [0.1, 0.15) is 112 Å². The van der Waals surface area contributed by atoms with Crippen LogP contribution in [0.5, 0.6) is 0 Å². The molecule has 4 saturated heterocycles. The fourth-order valence-corrected chi connectivity index (χ4v) is 12.8. The fraction of sp³-hybridized carbons (Fsp3) is 0.500. The normalized spacial score (nSPS) is 23.7. The molecule has 1 aliphatic carbocycles. The number of H-pyrrole nitrogens is 2. The number of benzene rings is 3. The Kier molecular flexibility index (Phi) is 16.5. The zero-order valence-corrected chi connectivity index (χ0v) is 45.7. The molecular formula is C58H69F5N10O7. The summed E-state index contributed by atoms with van der Waals surface area (Å²) >= 11 is 0. The number of amides is 3. The Hall–Kier alpha value is -7.20. The number of carbonyl (C=O) groups is 3. The van der Waals surface area contributed by atoms with Crippen LogP contribution in [0.2, 0.25) is 0 Å². The molecule has 80 heavy (non-hydrogen) atoms. The summed E-state index contributed by atoms with van der Waals surface area (Å²) in [6, 6.07) is 7.70. The Balaban J connectivity index is 0.982. The molecule has 3 aromatic carbocycles. The Bertz CT molecular complexity index is 3220. The van der Waals surface area contributed by atoms with Gasteiger partial charge >= 0.3 is 12.2 Å². The van der Waals surface area contributed by atoms with E-state index < -0.39 is 90.1 Å². The van der Waals surface area contributed by atoms with Gasteiger partial charge in [0.25, 0.3) is 0 Å². The van der Waals surface area contributed by atoms with E-state index >= 15 is 17.6 Å². The van der Waals surface area contributed by atoms with E-state index in [2.05, 4.69) is 27.2 Å². The summed E-state index contributed by atoms with van der Waals surface area (Å²) < 4.78 is 102. The number of ether oxygens (including phenoxy) is 4. The zero-order chi connectivity index (χ0) is 56.7. The molecular weight excluding hydrogens is 1040 g/mol. The van der Waals surface area contributed by atoms with Gasteiger partial charge in [-0.2, -0.15) is 0 Å². The molecule has 428 valence electrons. The van der Waals surface area contributed by atoms with Crippen molar-refractivity contribution in [3.05, 3.63) is 118 Å². The van der Waals surface area contributed by atoms with Crippen LogP contribution in [0.25, 0.3) is 23.2 Å². The highest BCUT2D eigenvalue weighted by molar-refractivity contribution is 5.87. The first kappa shape index (κ1) is 56.1. The van der Waals surface area contributed by atoms with Crippen LogP contribution in [0.15, 0.2) is 60.8 Å². The average molecular weight is 1110 g/mol. The Morgan fingerprint density at radius 1 is 0.700 bits per heavy atom. The molecule has 3 amide bonds. The van der Waals surface area contributed by atoms with Crippen LogP contribution in [0.4, 0.5) is 42.9 Å². The number of nitrogens with one attached hydrogen (secondary N) is 4. The van der Waals surface area contributed by atoms with Crippen molar-refractivity contribution >= 4 is 52.7 Å². The van der Waals surface area contributed by atoms with Gasteiger partial charge in [0.1, 0.15) is 41.2 Å². The van der Waals surface area contributed by atoms with E-state index in [1.54, 1.807) is 45.9 Å². The van der Waals surface area contributed by atoms with E-state index in [-0.39, 0.29) is 41.1 Å². The van der Waals surface area contributed by atoms with Gasteiger partial charge in [0.15, 0.2) is 11.6 Å². The van der Waals surface area contributed by atoms with Gasteiger partial charge in [-0.05, 0) is 113 Å². The lowest BCUT2D eigenvalue weighted by Crippen LogP contribution is -2.54. The van der Waals surface area contributed by atoms with Crippen LogP contribution in [0, 0.1) is 29.2 Å². The zero-order valence-electron chi connectivity index (χ0n) is 45.7. The van der Waals surface area contributed by atoms with Gasteiger partial charge in [-0.3, -0.25) is 4.79 Å². The maximum atomic E-state index is 17.1. The van der Waals surface area contributed by atoms with Crippen molar-refractivity contribution in [2.45, 2.75) is 126 Å². The van der Waals surface area contributed by atoms with Crippen LogP contribution < -0.4 is 31.1 Å². The number of aromatic nitrogens is 4. The number of anilines is 2. The summed E-state index contributed by atoms with van der Waals surface area (Å²) in [5, 5.41) is 6.24. The number of hydrogen-bond donors (Lipinski definition) is 4. The molecule has 2 unspecified atom stereocenters. The number of hydrogen-bond acceptors (Lipinski definition) is 12. The third-order valence-corrected chi connectivity index (χ3v) is 17.1. The minimum absolute atomic E-state index is 0.0844. The maximum absolute atomic E-state index is 17.1. The second kappa shape index (κ2) is 23.5. The number of methoxy groups -OCH3 is 4. The first-order chi connectivity index (χ1) is 38.5. The number of rotatable bonds is 16. The van der Waals surface area contributed by atoms with Crippen LogP contribution in [-0.2, 0) is 23.7 Å². The van der Waals surface area contributed by atoms with E-state index in [1.165, 1.54) is 64.8 Å². The monoisotopic (exact) mass is 1110 g/mol. The van der Waals surface area contributed by atoms with Crippen LogP contribution in [-0.4, -0.2) is 139 Å². The summed E-state index contributed by atoms with van der Waals surface area (Å²) in [5.41, 5.74) is 2.55. The summed E-state index contributed by atoms with van der Waals surface area (Å²) in [6.45, 7) is 9.49. The molecule has 0 spiro atoms. The molecule has 0 radical (unpaired) electrons. The lowest BCUT2D eigenvalue weighted by Gasteiger charge is -2.38. The average Bonchev–Trinajstić information content (AvgIpc) is 4.48. The van der Waals surface area contributed by atoms with Gasteiger partial charge in [-0.15, -0.1) is 0 Å². The van der Waals surface area contributed by atoms with E-state index in [9.17, 15) is 18.8 Å². The Morgan fingerprint density at radius 3 is 1.96 bits per heavy atom. The summed E-state index contributed by atoms with van der Waals surface area (Å²) in [5.74, 6) is -2.84. The van der Waals surface area contributed by atoms with Crippen molar-refractivity contribution in [3.63, 3.8) is 0 Å². The fourth-order valence-electron chi connectivity index (χ4n) is 12.8. The second-order valence-electron chi connectivity index (χ2n) is 21.6. The van der Waals surface area contributed by atoms with E-state index in [0.717, 1.165) is 12.0 Å². The number of imidazole rings is 2. The van der Waals surface area contributed by atoms with Gasteiger partial charge in [-0.1, -0.05) is 24.8 Å². The van der Waals surface area contributed by atoms with Crippen molar-refractivity contribution in [2.24, 2.45) is 5.92 Å². The number of nitrogens with zero attached hydrogens (tertiary/aromatic N) is 6. The Morgan fingerprint density at radius 2 is 1.31 bits per heavy atom. The molecule has 4 fully saturated rings. The van der Waals surface area contributed by atoms with Crippen LogP contribution in [0.3, 0.4) is 0 Å². The standard InChI is InChI=1S/C58H69F5N10O7/c1-30(51(31(2)77-4)68-57(75)79-6)71-20-8-10-49(71)54-64-43-26-37(39(60)28-45(43)66-54)47-16-17-48(73(47)36-24-41(62)53(42(63)25-36)70-22-18-34(19-23-70)33-12-14-35(59)15-13-33)38-27-44-46(29-40(38)61)67-55(65-44)50-11-9-21-72(50)56(74)52(32(3)78-5)69-58(76)80-7/h12-15,24-29,31-32,34,38,40,47-52H,1,8-11,16-23H2,2-7H3,(H,64,66)(H,65,67)(H,68,75)(H,69,76)/t31-,32-,38?,40?,47-,48-,49+,50+,51-,52+/m1/s1. The number of halogens is 5. The van der Waals surface area contributed by atoms with Crippen molar-refractivity contribution in [3.8, 4) is 0 Å². The van der Waals surface area contributed by atoms with Gasteiger partial charge in [-0.25, -0.2) is 41.5 Å². The van der Waals surface area contributed by atoms with Gasteiger partial charge in [0, 0.05) is 75.4 Å². The van der Waals surface area contributed by atoms with E-state index in [4.69, 9.17) is 28.9 Å². The molecule has 4 N–H and O–H groups in total. The van der Waals surface area contributed by atoms with Crippen molar-refractivity contribution in [1.29, 1.82) is 0 Å². The Labute approximate surface area is 460 Å². The minimum Gasteiger partial charge on any atom is -0.453 e. The number of alkyl halides is 1. The molecule has 17 nitrogen and oxygen atoms in total. The highest BCUT2D eigenvalue weighted by Crippen LogP contribution is 2.47. The summed E-state index contributed by atoms with van der Waals surface area (Å²) in [7, 11) is 5.45. The minimum atomic E-state index is -1.64. The predicted molar refractivity (Wildman–Crippen MR) is 290 cm³/mol. The third kappa shape index (κ3) is 10.9. The first-order valence-electron chi connectivity index (χ1n) is 27.4. The topological polar surface area (TPSA) is 183 Å². The number of aromatic amines is 2. The first-order valence-corrected chi connectivity index (χ1v) is 27.4. The molecule has 10 atom stereocenters. The second-order valence-corrected chi connectivity index (χ2v) is 21.6. The van der Waals surface area contributed by atoms with Gasteiger partial charge in [0.2, 0.25) is 5.91 Å². The number of carbonyl (C=O) groups excluding carboxylic acids is 3. The quantitative estimate of drug-likeness (QED) is 0.0701. The smallest absolute Gasteiger partial charge is 0.407 e.